The van der Waals surface area contributed by atoms with Crippen LogP contribution in [0.5, 0.6) is 0 Å². The molecular weight excluding hydrogens is 318 g/mol. The van der Waals surface area contributed by atoms with Crippen LogP contribution in [0.1, 0.15) is 32.1 Å². The number of benzene rings is 1. The molecule has 118 valence electrons. The second-order valence-corrected chi connectivity index (χ2v) is 9.59. The van der Waals surface area contributed by atoms with Crippen LogP contribution in [-0.4, -0.2) is 21.1 Å². The van der Waals surface area contributed by atoms with Crippen molar-refractivity contribution < 1.29 is 4.92 Å². The summed E-state index contributed by atoms with van der Waals surface area (Å²) in [6.45, 7) is 0.0710. The van der Waals surface area contributed by atoms with Crippen LogP contribution in [-0.2, 0) is 0 Å². The van der Waals surface area contributed by atoms with Crippen LogP contribution < -0.4 is 0 Å². The van der Waals surface area contributed by atoms with Gasteiger partial charge in [0, 0.05) is 14.7 Å². The van der Waals surface area contributed by atoms with Gasteiger partial charge in [0.05, 0.1) is 4.75 Å². The Kier molecular flexibility index (Phi) is 3.46. The molecule has 3 unspecified atom stereocenters. The Morgan fingerprint density at radius 1 is 1.18 bits per heavy atom. The summed E-state index contributed by atoms with van der Waals surface area (Å²) in [5.74, 6) is 1.45. The fourth-order valence-electron chi connectivity index (χ4n) is 5.33. The topological polar surface area (TPSA) is 43.1 Å². The predicted octanol–water partition coefficient (Wildman–Crippen LogP) is 4.61. The van der Waals surface area contributed by atoms with E-state index in [9.17, 15) is 10.1 Å². The number of nitrogens with zero attached hydrogens (tertiary/aromatic N) is 1. The second-order valence-electron chi connectivity index (χ2n) is 7.36. The molecule has 0 aromatic heterocycles. The summed E-state index contributed by atoms with van der Waals surface area (Å²) in [4.78, 5) is 12.4. The van der Waals surface area contributed by atoms with Gasteiger partial charge in [-0.15, -0.1) is 23.4 Å². The maximum Gasteiger partial charge on any atom is 0.219 e. The van der Waals surface area contributed by atoms with Crippen molar-refractivity contribution in [1.29, 1.82) is 0 Å². The molecule has 4 aliphatic carbocycles. The minimum absolute atomic E-state index is 0.0710. The average Bonchev–Trinajstić information content (AvgIpc) is 2.43. The van der Waals surface area contributed by atoms with Gasteiger partial charge in [-0.2, -0.15) is 0 Å². The molecule has 0 amide bonds. The summed E-state index contributed by atoms with van der Waals surface area (Å²) >= 11 is 8.57. The third kappa shape index (κ3) is 2.35. The molecule has 4 saturated carbocycles. The largest absolute Gasteiger partial charge is 0.264 e. The van der Waals surface area contributed by atoms with E-state index in [1.54, 1.807) is 11.8 Å². The molecule has 0 saturated heterocycles. The number of hydrogen-bond donors (Lipinski definition) is 0. The van der Waals surface area contributed by atoms with Crippen LogP contribution in [0.4, 0.5) is 0 Å². The molecule has 22 heavy (non-hydrogen) atoms. The predicted molar refractivity (Wildman–Crippen MR) is 89.0 cm³/mol. The van der Waals surface area contributed by atoms with Crippen molar-refractivity contribution in [2.45, 2.75) is 46.6 Å². The minimum Gasteiger partial charge on any atom is -0.264 e. The fourth-order valence-corrected chi connectivity index (χ4v) is 7.51. The van der Waals surface area contributed by atoms with Crippen molar-refractivity contribution in [2.75, 3.05) is 6.54 Å². The Bertz CT molecular complexity index is 578. The van der Waals surface area contributed by atoms with Crippen molar-refractivity contribution >= 4 is 23.4 Å². The lowest BCUT2D eigenvalue weighted by Gasteiger charge is -2.62. The van der Waals surface area contributed by atoms with Gasteiger partial charge in [0.1, 0.15) is 0 Å². The molecule has 5 atom stereocenters. The first-order valence-corrected chi connectivity index (χ1v) is 9.23. The number of rotatable bonds is 4. The van der Waals surface area contributed by atoms with Crippen molar-refractivity contribution in [2.24, 2.45) is 17.8 Å². The maximum atomic E-state index is 11.4. The summed E-state index contributed by atoms with van der Waals surface area (Å²) in [7, 11) is 0. The van der Waals surface area contributed by atoms with Crippen LogP contribution in [0.15, 0.2) is 35.2 Å². The van der Waals surface area contributed by atoms with E-state index in [4.69, 9.17) is 11.6 Å². The Balaban J connectivity index is 1.71. The van der Waals surface area contributed by atoms with Crippen LogP contribution in [0.3, 0.4) is 0 Å². The highest BCUT2D eigenvalue weighted by molar-refractivity contribution is 8.00. The fraction of sp³-hybridized carbons (Fsp3) is 0.647. The summed E-state index contributed by atoms with van der Waals surface area (Å²) in [5, 5.41) is 11.4. The number of alkyl halides is 1. The summed E-state index contributed by atoms with van der Waals surface area (Å²) in [6, 6.07) is 10.2. The highest BCUT2D eigenvalue weighted by Gasteiger charge is 2.64. The van der Waals surface area contributed by atoms with E-state index < -0.39 is 0 Å². The zero-order chi connectivity index (χ0) is 15.4. The monoisotopic (exact) mass is 337 g/mol. The molecule has 1 aromatic carbocycles. The summed E-state index contributed by atoms with van der Waals surface area (Å²) < 4.78 is -0.264. The zero-order valence-electron chi connectivity index (χ0n) is 12.4. The Morgan fingerprint density at radius 2 is 1.82 bits per heavy atom. The summed E-state index contributed by atoms with van der Waals surface area (Å²) in [6.07, 6.45) is 5.27. The summed E-state index contributed by atoms with van der Waals surface area (Å²) in [5.41, 5.74) is 0. The molecule has 0 heterocycles. The highest BCUT2D eigenvalue weighted by Crippen LogP contribution is 2.66. The molecule has 0 radical (unpaired) electrons. The van der Waals surface area contributed by atoms with Gasteiger partial charge in [0.2, 0.25) is 6.54 Å². The average molecular weight is 338 g/mol. The lowest BCUT2D eigenvalue weighted by atomic mass is 9.51. The van der Waals surface area contributed by atoms with Crippen molar-refractivity contribution in [3.8, 4) is 0 Å². The molecule has 5 heteroatoms. The van der Waals surface area contributed by atoms with E-state index >= 15 is 0 Å². The molecule has 0 spiro atoms. The maximum absolute atomic E-state index is 11.4. The van der Waals surface area contributed by atoms with E-state index in [-0.39, 0.29) is 21.1 Å². The molecule has 3 nitrogen and oxygen atoms in total. The zero-order valence-corrected chi connectivity index (χ0v) is 14.0. The van der Waals surface area contributed by atoms with Gasteiger partial charge in [-0.3, -0.25) is 10.1 Å². The van der Waals surface area contributed by atoms with E-state index in [0.717, 1.165) is 37.0 Å². The third-order valence-corrected chi connectivity index (χ3v) is 8.07. The van der Waals surface area contributed by atoms with Gasteiger partial charge in [0.15, 0.2) is 0 Å². The Labute approximate surface area is 140 Å². The third-order valence-electron chi connectivity index (χ3n) is 5.92. The van der Waals surface area contributed by atoms with Gasteiger partial charge < -0.3 is 0 Å². The Hall–Kier alpha value is -0.740. The smallest absolute Gasteiger partial charge is 0.219 e. The molecule has 4 fully saturated rings. The van der Waals surface area contributed by atoms with Crippen LogP contribution in [0.25, 0.3) is 0 Å². The molecule has 0 aliphatic heterocycles. The molecule has 4 bridgehead atoms. The van der Waals surface area contributed by atoms with Crippen molar-refractivity contribution in [3.63, 3.8) is 0 Å². The van der Waals surface area contributed by atoms with Gasteiger partial charge in [-0.25, -0.2) is 0 Å². The quantitative estimate of drug-likeness (QED) is 0.457. The lowest BCUT2D eigenvalue weighted by molar-refractivity contribution is -0.490. The molecular formula is C17H20ClNO2S. The first kappa shape index (κ1) is 14.8. The van der Waals surface area contributed by atoms with Gasteiger partial charge in [-0.1, -0.05) is 18.2 Å². The van der Waals surface area contributed by atoms with E-state index in [2.05, 4.69) is 12.1 Å². The first-order valence-electron chi connectivity index (χ1n) is 8.04. The minimum atomic E-state index is -0.264. The SMILES string of the molecule is O=[N+]([O-])CC1(Sc2ccccc2)[C@@H]2CC3C[C@H]1CC(Cl)(C3)C2. The first-order chi connectivity index (χ1) is 10.5. The van der Waals surface area contributed by atoms with Crippen LogP contribution in [0.2, 0.25) is 0 Å². The van der Waals surface area contributed by atoms with Crippen LogP contribution >= 0.6 is 23.4 Å². The second kappa shape index (κ2) is 5.13. The molecule has 0 N–H and O–H groups in total. The van der Waals surface area contributed by atoms with Crippen molar-refractivity contribution in [1.82, 2.24) is 0 Å². The van der Waals surface area contributed by atoms with E-state index in [1.165, 1.54) is 0 Å². The van der Waals surface area contributed by atoms with E-state index in [0.29, 0.717) is 17.8 Å². The standard InChI is InChI=1S/C17H20ClNO2S/c18-16-8-12-6-13(9-16)17(11-19(20)21,14(7-12)10-16)22-15-4-2-1-3-5-15/h1-5,12-14H,6-11H2/t12?,13-,14+,16?,17?. The number of nitro groups is 1. The van der Waals surface area contributed by atoms with E-state index in [1.807, 2.05) is 18.2 Å². The van der Waals surface area contributed by atoms with Crippen LogP contribution in [0, 0.1) is 27.9 Å². The number of halogens is 1. The Morgan fingerprint density at radius 3 is 2.36 bits per heavy atom. The lowest BCUT2D eigenvalue weighted by Crippen LogP contribution is -2.62. The van der Waals surface area contributed by atoms with Gasteiger partial charge >= 0.3 is 0 Å². The molecule has 4 aliphatic rings. The highest BCUT2D eigenvalue weighted by atomic mass is 35.5. The van der Waals surface area contributed by atoms with Gasteiger partial charge in [0.25, 0.3) is 0 Å². The normalized spacial score (nSPS) is 42.5. The molecule has 1 aromatic rings. The number of hydrogen-bond acceptors (Lipinski definition) is 3. The number of thioether (sulfide) groups is 1. The molecule has 5 rings (SSSR count). The van der Waals surface area contributed by atoms with Crippen molar-refractivity contribution in [3.05, 3.63) is 40.4 Å². The van der Waals surface area contributed by atoms with Gasteiger partial charge in [-0.05, 0) is 62.0 Å².